The molecule has 0 radical (unpaired) electrons. The smallest absolute Gasteiger partial charge is 0.272 e. The maximum absolute atomic E-state index is 13.4. The number of nitrogens with one attached hydrogen (secondary N) is 2. The van der Waals surface area contributed by atoms with Gasteiger partial charge < -0.3 is 15.2 Å². The van der Waals surface area contributed by atoms with Gasteiger partial charge in [0, 0.05) is 34.6 Å². The third kappa shape index (κ3) is 4.41. The molecule has 1 aliphatic heterocycles. The number of fused-ring (bicyclic) bond motifs is 1. The summed E-state index contributed by atoms with van der Waals surface area (Å²) in [5.41, 5.74) is 3.46. The van der Waals surface area contributed by atoms with Crippen LogP contribution in [0.25, 0.3) is 22.0 Å². The van der Waals surface area contributed by atoms with E-state index in [-0.39, 0.29) is 17.4 Å². The molecule has 1 atom stereocenters. The molecule has 0 bridgehead atoms. The largest absolute Gasteiger partial charge is 0.366 e. The Labute approximate surface area is 207 Å². The van der Waals surface area contributed by atoms with E-state index < -0.39 is 0 Å². The van der Waals surface area contributed by atoms with Gasteiger partial charge in [-0.25, -0.2) is 0 Å². The number of benzene rings is 3. The number of carbonyl (C=O) groups excluding carboxylic acids is 1. The molecular formula is C27H23Cl2N3O2. The van der Waals surface area contributed by atoms with Gasteiger partial charge in [-0.1, -0.05) is 65.7 Å². The zero-order valence-electron chi connectivity index (χ0n) is 18.4. The minimum Gasteiger partial charge on any atom is -0.366 e. The Balaban J connectivity index is 1.55. The van der Waals surface area contributed by atoms with E-state index in [4.69, 9.17) is 23.2 Å². The Bertz CT molecular complexity index is 1420. The molecule has 34 heavy (non-hydrogen) atoms. The number of nitrogens with zero attached hydrogens (tertiary/aromatic N) is 1. The maximum Gasteiger partial charge on any atom is 0.272 e. The first kappa shape index (κ1) is 22.5. The molecular weight excluding hydrogens is 469 g/mol. The first-order valence-electron chi connectivity index (χ1n) is 11.2. The second-order valence-corrected chi connectivity index (χ2v) is 9.33. The highest BCUT2D eigenvalue weighted by atomic mass is 35.5. The lowest BCUT2D eigenvalue weighted by atomic mass is 9.93. The highest BCUT2D eigenvalue weighted by Gasteiger charge is 2.30. The minimum atomic E-state index is -0.275. The summed E-state index contributed by atoms with van der Waals surface area (Å²) >= 11 is 12.6. The molecule has 2 N–H and O–H groups in total. The van der Waals surface area contributed by atoms with Crippen LogP contribution in [0.4, 0.5) is 11.4 Å². The highest BCUT2D eigenvalue weighted by molar-refractivity contribution is 6.33. The Morgan fingerprint density at radius 3 is 2.56 bits per heavy atom. The van der Waals surface area contributed by atoms with E-state index in [1.54, 1.807) is 18.2 Å². The van der Waals surface area contributed by atoms with E-state index >= 15 is 0 Å². The Morgan fingerprint density at radius 1 is 1.00 bits per heavy atom. The first-order valence-corrected chi connectivity index (χ1v) is 12.0. The van der Waals surface area contributed by atoms with Crippen molar-refractivity contribution in [3.8, 4) is 11.1 Å². The number of piperidine rings is 1. The van der Waals surface area contributed by atoms with Crippen molar-refractivity contribution in [2.45, 2.75) is 12.8 Å². The van der Waals surface area contributed by atoms with Crippen LogP contribution in [0.15, 0.2) is 77.6 Å². The standard InChI is InChI=1S/C27H23Cl2N3O2/c28-19-12-13-22-20(15-19)24(17-7-2-1-3-8-17)25(27(34)30-22)32-14-6-9-18(16-32)26(33)31-23-11-5-4-10-21(23)29/h1-5,7-8,10-13,15,18H,6,9,14,16H2,(H,30,34)(H,31,33)/t18-/m1/s1. The number of amides is 1. The van der Waals surface area contributed by atoms with Crippen LogP contribution in [0.3, 0.4) is 0 Å². The number of aromatic nitrogens is 1. The molecule has 4 aromatic rings. The number of para-hydroxylation sites is 1. The second-order valence-electron chi connectivity index (χ2n) is 8.49. The van der Waals surface area contributed by atoms with Crippen LogP contribution >= 0.6 is 23.2 Å². The molecule has 5 rings (SSSR count). The Morgan fingerprint density at radius 2 is 1.76 bits per heavy atom. The molecule has 1 aliphatic rings. The van der Waals surface area contributed by atoms with E-state index in [1.807, 2.05) is 59.5 Å². The highest BCUT2D eigenvalue weighted by Crippen LogP contribution is 2.37. The molecule has 1 fully saturated rings. The van der Waals surface area contributed by atoms with E-state index in [0.29, 0.717) is 34.5 Å². The zero-order valence-corrected chi connectivity index (χ0v) is 19.9. The van der Waals surface area contributed by atoms with Gasteiger partial charge in [-0.05, 0) is 48.7 Å². The number of hydrogen-bond donors (Lipinski definition) is 2. The molecule has 0 aliphatic carbocycles. The van der Waals surface area contributed by atoms with E-state index in [0.717, 1.165) is 34.9 Å². The van der Waals surface area contributed by atoms with Crippen molar-refractivity contribution < 1.29 is 4.79 Å². The van der Waals surface area contributed by atoms with Crippen LogP contribution in [0.2, 0.25) is 10.0 Å². The summed E-state index contributed by atoms with van der Waals surface area (Å²) in [4.78, 5) is 31.5. The van der Waals surface area contributed by atoms with Gasteiger partial charge in [0.05, 0.1) is 16.6 Å². The van der Waals surface area contributed by atoms with Gasteiger partial charge in [0.2, 0.25) is 5.91 Å². The van der Waals surface area contributed by atoms with Crippen LogP contribution in [-0.4, -0.2) is 24.0 Å². The monoisotopic (exact) mass is 491 g/mol. The van der Waals surface area contributed by atoms with E-state index in [1.165, 1.54) is 0 Å². The second kappa shape index (κ2) is 9.53. The van der Waals surface area contributed by atoms with E-state index in [9.17, 15) is 9.59 Å². The van der Waals surface area contributed by atoms with Gasteiger partial charge in [-0.3, -0.25) is 9.59 Å². The summed E-state index contributed by atoms with van der Waals surface area (Å²) in [6.45, 7) is 1.12. The lowest BCUT2D eigenvalue weighted by Crippen LogP contribution is -2.43. The van der Waals surface area contributed by atoms with Crippen molar-refractivity contribution in [1.82, 2.24) is 4.98 Å². The van der Waals surface area contributed by atoms with Gasteiger partial charge in [-0.15, -0.1) is 0 Å². The lowest BCUT2D eigenvalue weighted by molar-refractivity contribution is -0.120. The fraction of sp³-hybridized carbons (Fsp3) is 0.185. The van der Waals surface area contributed by atoms with Gasteiger partial charge in [0.25, 0.3) is 5.56 Å². The number of aromatic amines is 1. The summed E-state index contributed by atoms with van der Waals surface area (Å²) in [5, 5.41) is 4.91. The molecule has 172 valence electrons. The first-order chi connectivity index (χ1) is 16.5. The average Bonchev–Trinajstić information content (AvgIpc) is 2.85. The van der Waals surface area contributed by atoms with Gasteiger partial charge in [0.15, 0.2) is 0 Å². The zero-order chi connectivity index (χ0) is 23.7. The quantitative estimate of drug-likeness (QED) is 0.349. The molecule has 1 aromatic heterocycles. The van der Waals surface area contributed by atoms with Crippen LogP contribution in [0.5, 0.6) is 0 Å². The molecule has 1 saturated heterocycles. The summed E-state index contributed by atoms with van der Waals surface area (Å²) in [5.74, 6) is -0.373. The molecule has 3 aromatic carbocycles. The molecule has 2 heterocycles. The minimum absolute atomic E-state index is 0.0978. The summed E-state index contributed by atoms with van der Waals surface area (Å²) in [6.07, 6.45) is 1.53. The van der Waals surface area contributed by atoms with E-state index in [2.05, 4.69) is 10.3 Å². The number of rotatable bonds is 4. The molecule has 0 spiro atoms. The number of hydrogen-bond acceptors (Lipinski definition) is 3. The summed E-state index contributed by atoms with van der Waals surface area (Å²) in [7, 11) is 0. The van der Waals surface area contributed by atoms with Crippen molar-refractivity contribution in [2.75, 3.05) is 23.3 Å². The Kier molecular flexibility index (Phi) is 6.31. The number of pyridine rings is 1. The summed E-state index contributed by atoms with van der Waals surface area (Å²) in [6, 6.07) is 22.5. The van der Waals surface area contributed by atoms with Crippen molar-refractivity contribution >= 4 is 51.4 Å². The SMILES string of the molecule is O=C(Nc1ccccc1Cl)[C@@H]1CCCN(c2c(-c3ccccc3)c3cc(Cl)ccc3[nH]c2=O)C1. The predicted octanol–water partition coefficient (Wildman–Crippen LogP) is 6.36. The lowest BCUT2D eigenvalue weighted by Gasteiger charge is -2.34. The molecule has 5 nitrogen and oxygen atoms in total. The summed E-state index contributed by atoms with van der Waals surface area (Å²) < 4.78 is 0. The van der Waals surface area contributed by atoms with Gasteiger partial charge in [0.1, 0.15) is 5.69 Å². The number of carbonyl (C=O) groups is 1. The third-order valence-corrected chi connectivity index (χ3v) is 6.82. The van der Waals surface area contributed by atoms with Crippen molar-refractivity contribution in [1.29, 1.82) is 0 Å². The number of anilines is 2. The van der Waals surface area contributed by atoms with Crippen molar-refractivity contribution in [2.24, 2.45) is 5.92 Å². The van der Waals surface area contributed by atoms with Crippen molar-refractivity contribution in [3.05, 3.63) is 93.2 Å². The number of halogens is 2. The normalized spacial score (nSPS) is 15.9. The van der Waals surface area contributed by atoms with Crippen LogP contribution in [0.1, 0.15) is 12.8 Å². The maximum atomic E-state index is 13.4. The molecule has 1 amide bonds. The van der Waals surface area contributed by atoms with Gasteiger partial charge >= 0.3 is 0 Å². The molecule has 0 saturated carbocycles. The fourth-order valence-corrected chi connectivity index (χ4v) is 5.00. The topological polar surface area (TPSA) is 65.2 Å². The van der Waals surface area contributed by atoms with Crippen molar-refractivity contribution in [3.63, 3.8) is 0 Å². The Hall–Kier alpha value is -3.28. The molecule has 7 heteroatoms. The van der Waals surface area contributed by atoms with Crippen LogP contribution in [0, 0.1) is 5.92 Å². The predicted molar refractivity (Wildman–Crippen MR) is 140 cm³/mol. The fourth-order valence-electron chi connectivity index (χ4n) is 4.65. The number of H-pyrrole nitrogens is 1. The van der Waals surface area contributed by atoms with Crippen LogP contribution in [-0.2, 0) is 4.79 Å². The van der Waals surface area contributed by atoms with Crippen LogP contribution < -0.4 is 15.8 Å². The average molecular weight is 492 g/mol. The van der Waals surface area contributed by atoms with Gasteiger partial charge in [-0.2, -0.15) is 0 Å². The molecule has 0 unspecified atom stereocenters. The third-order valence-electron chi connectivity index (χ3n) is 6.25.